The lowest BCUT2D eigenvalue weighted by Crippen LogP contribution is -2.36. The Morgan fingerprint density at radius 3 is 2.62 bits per heavy atom. The average molecular weight is 341 g/mol. The zero-order valence-electron chi connectivity index (χ0n) is 14.0. The molecule has 1 atom stereocenters. The van der Waals surface area contributed by atoms with Crippen molar-refractivity contribution in [3.8, 4) is 0 Å². The summed E-state index contributed by atoms with van der Waals surface area (Å²) in [5.74, 6) is 0.204. The number of ketones is 1. The maximum Gasteiger partial charge on any atom is 0.223 e. The summed E-state index contributed by atoms with van der Waals surface area (Å²) >= 11 is 1.51. The SMILES string of the molecule is Cc1ccc(C(=O)CCC(=O)N2CCCC2Cc2ccccc2)s1. The fourth-order valence-corrected chi connectivity index (χ4v) is 4.17. The number of likely N-dealkylation sites (tertiary alicyclic amines) is 1. The van der Waals surface area contributed by atoms with E-state index in [1.165, 1.54) is 16.9 Å². The number of hydrogen-bond donors (Lipinski definition) is 0. The topological polar surface area (TPSA) is 37.4 Å². The molecule has 3 rings (SSSR count). The van der Waals surface area contributed by atoms with E-state index in [0.29, 0.717) is 12.8 Å². The summed E-state index contributed by atoms with van der Waals surface area (Å²) in [4.78, 5) is 28.6. The van der Waals surface area contributed by atoms with Gasteiger partial charge in [0.1, 0.15) is 0 Å². The zero-order chi connectivity index (χ0) is 16.9. The highest BCUT2D eigenvalue weighted by atomic mass is 32.1. The molecular formula is C20H23NO2S. The third kappa shape index (κ3) is 4.12. The van der Waals surface area contributed by atoms with E-state index in [1.807, 2.05) is 42.2 Å². The van der Waals surface area contributed by atoms with E-state index in [9.17, 15) is 9.59 Å². The van der Waals surface area contributed by atoms with E-state index in [2.05, 4.69) is 12.1 Å². The molecule has 0 bridgehead atoms. The van der Waals surface area contributed by atoms with Crippen LogP contribution < -0.4 is 0 Å². The smallest absolute Gasteiger partial charge is 0.223 e. The Labute approximate surface area is 147 Å². The molecule has 0 saturated carbocycles. The molecule has 1 amide bonds. The van der Waals surface area contributed by atoms with Crippen molar-refractivity contribution in [3.05, 3.63) is 57.8 Å². The molecule has 3 nitrogen and oxygen atoms in total. The van der Waals surface area contributed by atoms with Crippen molar-refractivity contribution in [2.45, 2.75) is 45.1 Å². The van der Waals surface area contributed by atoms with Crippen molar-refractivity contribution < 1.29 is 9.59 Å². The Morgan fingerprint density at radius 2 is 1.92 bits per heavy atom. The number of thiophene rings is 1. The third-order valence-corrected chi connectivity index (χ3v) is 5.63. The summed E-state index contributed by atoms with van der Waals surface area (Å²) in [5, 5.41) is 0. The number of benzene rings is 1. The highest BCUT2D eigenvalue weighted by Crippen LogP contribution is 2.23. The molecule has 1 aliphatic rings. The Kier molecular flexibility index (Phi) is 5.46. The van der Waals surface area contributed by atoms with E-state index in [0.717, 1.165) is 35.6 Å². The summed E-state index contributed by atoms with van der Waals surface area (Å²) in [6, 6.07) is 14.4. The van der Waals surface area contributed by atoms with Gasteiger partial charge >= 0.3 is 0 Å². The lowest BCUT2D eigenvalue weighted by molar-refractivity contribution is -0.131. The molecule has 2 aromatic rings. The minimum absolute atomic E-state index is 0.0836. The largest absolute Gasteiger partial charge is 0.339 e. The summed E-state index contributed by atoms with van der Waals surface area (Å²) in [6.07, 6.45) is 3.65. The van der Waals surface area contributed by atoms with Gasteiger partial charge in [0.25, 0.3) is 0 Å². The molecule has 1 aromatic carbocycles. The molecule has 1 aromatic heterocycles. The molecule has 0 spiro atoms. The normalized spacial score (nSPS) is 17.2. The fourth-order valence-electron chi connectivity index (χ4n) is 3.33. The molecule has 126 valence electrons. The number of amides is 1. The molecule has 2 heterocycles. The predicted molar refractivity (Wildman–Crippen MR) is 97.5 cm³/mol. The lowest BCUT2D eigenvalue weighted by Gasteiger charge is -2.25. The standard InChI is InChI=1S/C20H23NO2S/c1-15-9-11-19(24-15)18(22)10-12-20(23)21-13-5-8-17(21)14-16-6-3-2-4-7-16/h2-4,6-7,9,11,17H,5,8,10,12-14H2,1H3. The monoisotopic (exact) mass is 341 g/mol. The van der Waals surface area contributed by atoms with Crippen LogP contribution in [0.25, 0.3) is 0 Å². The van der Waals surface area contributed by atoms with Gasteiger partial charge in [0.2, 0.25) is 5.91 Å². The quantitative estimate of drug-likeness (QED) is 0.737. The van der Waals surface area contributed by atoms with Gasteiger partial charge in [-0.2, -0.15) is 0 Å². The first-order valence-electron chi connectivity index (χ1n) is 8.56. The maximum atomic E-state index is 12.6. The highest BCUT2D eigenvalue weighted by molar-refractivity contribution is 7.14. The Morgan fingerprint density at radius 1 is 1.12 bits per heavy atom. The van der Waals surface area contributed by atoms with Crippen LogP contribution in [0.1, 0.15) is 45.8 Å². The van der Waals surface area contributed by atoms with Gasteiger partial charge < -0.3 is 4.90 Å². The number of Topliss-reactive ketones (excluding diaryl/α,β-unsaturated/α-hetero) is 1. The molecule has 0 radical (unpaired) electrons. The average Bonchev–Trinajstić information content (AvgIpc) is 3.22. The lowest BCUT2D eigenvalue weighted by atomic mass is 10.0. The van der Waals surface area contributed by atoms with Crippen LogP contribution in [0, 0.1) is 6.92 Å². The number of nitrogens with zero attached hydrogens (tertiary/aromatic N) is 1. The Bertz CT molecular complexity index is 707. The molecule has 0 N–H and O–H groups in total. The van der Waals surface area contributed by atoms with Crippen molar-refractivity contribution in [2.75, 3.05) is 6.54 Å². The van der Waals surface area contributed by atoms with Crippen LogP contribution >= 0.6 is 11.3 Å². The highest BCUT2D eigenvalue weighted by Gasteiger charge is 2.28. The number of carbonyl (C=O) groups excluding carboxylic acids is 2. The Balaban J connectivity index is 1.54. The number of rotatable bonds is 6. The van der Waals surface area contributed by atoms with Gasteiger partial charge in [-0.3, -0.25) is 9.59 Å². The maximum absolute atomic E-state index is 12.6. The van der Waals surface area contributed by atoms with Gasteiger partial charge in [-0.15, -0.1) is 11.3 Å². The van der Waals surface area contributed by atoms with E-state index >= 15 is 0 Å². The number of carbonyl (C=O) groups is 2. The van der Waals surface area contributed by atoms with Crippen molar-refractivity contribution in [2.24, 2.45) is 0 Å². The molecule has 24 heavy (non-hydrogen) atoms. The van der Waals surface area contributed by atoms with Gasteiger partial charge in [0, 0.05) is 30.3 Å². The first-order chi connectivity index (χ1) is 11.6. The molecule has 1 aliphatic heterocycles. The van der Waals surface area contributed by atoms with Crippen LogP contribution in [0.3, 0.4) is 0 Å². The Hall–Kier alpha value is -1.94. The van der Waals surface area contributed by atoms with Crippen LogP contribution in [0.4, 0.5) is 0 Å². The van der Waals surface area contributed by atoms with Crippen LogP contribution in [-0.4, -0.2) is 29.2 Å². The fraction of sp³-hybridized carbons (Fsp3) is 0.400. The molecule has 4 heteroatoms. The third-order valence-electron chi connectivity index (χ3n) is 4.59. The molecule has 0 aliphatic carbocycles. The van der Waals surface area contributed by atoms with Crippen molar-refractivity contribution >= 4 is 23.0 Å². The second kappa shape index (κ2) is 7.75. The minimum Gasteiger partial charge on any atom is -0.339 e. The summed E-state index contributed by atoms with van der Waals surface area (Å²) in [6.45, 7) is 2.81. The summed E-state index contributed by atoms with van der Waals surface area (Å²) < 4.78 is 0. The van der Waals surface area contributed by atoms with Gasteiger partial charge in [-0.1, -0.05) is 30.3 Å². The first-order valence-corrected chi connectivity index (χ1v) is 9.38. The van der Waals surface area contributed by atoms with Gasteiger partial charge in [-0.25, -0.2) is 0 Å². The van der Waals surface area contributed by atoms with Gasteiger partial charge in [0.15, 0.2) is 5.78 Å². The van der Waals surface area contributed by atoms with E-state index in [1.54, 1.807) is 0 Å². The van der Waals surface area contributed by atoms with Crippen molar-refractivity contribution in [1.82, 2.24) is 4.90 Å². The van der Waals surface area contributed by atoms with Crippen molar-refractivity contribution in [3.63, 3.8) is 0 Å². The van der Waals surface area contributed by atoms with Crippen LogP contribution in [0.2, 0.25) is 0 Å². The minimum atomic E-state index is 0.0836. The second-order valence-corrected chi connectivity index (χ2v) is 7.69. The molecule has 1 fully saturated rings. The number of hydrogen-bond acceptors (Lipinski definition) is 3. The van der Waals surface area contributed by atoms with Gasteiger partial charge in [-0.05, 0) is 43.9 Å². The molecule has 1 unspecified atom stereocenters. The summed E-state index contributed by atoms with van der Waals surface area (Å²) in [7, 11) is 0. The molecule has 1 saturated heterocycles. The van der Waals surface area contributed by atoms with Gasteiger partial charge in [0.05, 0.1) is 4.88 Å². The van der Waals surface area contributed by atoms with E-state index < -0.39 is 0 Å². The van der Waals surface area contributed by atoms with Crippen LogP contribution in [0.15, 0.2) is 42.5 Å². The van der Waals surface area contributed by atoms with Crippen molar-refractivity contribution in [1.29, 1.82) is 0 Å². The van der Waals surface area contributed by atoms with E-state index in [-0.39, 0.29) is 17.7 Å². The van der Waals surface area contributed by atoms with E-state index in [4.69, 9.17) is 0 Å². The second-order valence-electron chi connectivity index (χ2n) is 6.41. The number of aryl methyl sites for hydroxylation is 1. The molecular weight excluding hydrogens is 318 g/mol. The zero-order valence-corrected chi connectivity index (χ0v) is 14.8. The van der Waals surface area contributed by atoms with Crippen LogP contribution in [0.5, 0.6) is 0 Å². The first kappa shape index (κ1) is 16.9. The predicted octanol–water partition coefficient (Wildman–Crippen LogP) is 4.25. The van der Waals surface area contributed by atoms with Crippen LogP contribution in [-0.2, 0) is 11.2 Å². The summed E-state index contributed by atoms with van der Waals surface area (Å²) in [5.41, 5.74) is 1.27.